The third kappa shape index (κ3) is 2.46. The third-order valence-corrected chi connectivity index (χ3v) is 2.06. The first-order valence-electron chi connectivity index (χ1n) is 4.49. The van der Waals surface area contributed by atoms with Crippen molar-refractivity contribution in [3.8, 4) is 0 Å². The van der Waals surface area contributed by atoms with Crippen molar-refractivity contribution < 1.29 is 4.74 Å². The second-order valence-corrected chi connectivity index (χ2v) is 3.20. The van der Waals surface area contributed by atoms with Gasteiger partial charge in [0, 0.05) is 5.57 Å². The summed E-state index contributed by atoms with van der Waals surface area (Å²) in [5, 5.41) is 0. The molecule has 14 heavy (non-hydrogen) atoms. The Labute approximate surface area is 85.0 Å². The van der Waals surface area contributed by atoms with Crippen LogP contribution in [0.15, 0.2) is 52.9 Å². The monoisotopic (exact) mass is 189 g/mol. The zero-order chi connectivity index (χ0) is 10.6. The first-order valence-corrected chi connectivity index (χ1v) is 4.49. The van der Waals surface area contributed by atoms with Gasteiger partial charge >= 0.3 is 0 Å². The molecule has 2 heteroatoms. The summed E-state index contributed by atoms with van der Waals surface area (Å²) in [6.07, 6.45) is 8.02. The summed E-state index contributed by atoms with van der Waals surface area (Å²) in [4.78, 5) is 3.80. The van der Waals surface area contributed by atoms with Gasteiger partial charge in [0.25, 0.3) is 0 Å². The molecule has 1 aliphatic carbocycles. The van der Waals surface area contributed by atoms with E-state index in [9.17, 15) is 0 Å². The number of hydrogen-bond donors (Lipinski definition) is 0. The Morgan fingerprint density at radius 1 is 1.57 bits per heavy atom. The standard InChI is InChI=1S/C12H15NO/c1-9-5-6-11(10(2)13-3)8-12(7-9)14-4/h5-9H,2-3H2,1,4H3. The van der Waals surface area contributed by atoms with Crippen LogP contribution in [0, 0.1) is 5.92 Å². The fourth-order valence-electron chi connectivity index (χ4n) is 1.22. The van der Waals surface area contributed by atoms with E-state index < -0.39 is 0 Å². The molecule has 0 spiro atoms. The number of rotatable bonds is 3. The lowest BCUT2D eigenvalue weighted by molar-refractivity contribution is 0.304. The molecule has 1 unspecified atom stereocenters. The van der Waals surface area contributed by atoms with Crippen molar-refractivity contribution in [2.24, 2.45) is 10.9 Å². The summed E-state index contributed by atoms with van der Waals surface area (Å²) in [7, 11) is 1.65. The maximum absolute atomic E-state index is 5.21. The van der Waals surface area contributed by atoms with Gasteiger partial charge in [0.2, 0.25) is 0 Å². The van der Waals surface area contributed by atoms with E-state index in [1.54, 1.807) is 7.11 Å². The molecule has 0 heterocycles. The number of aliphatic imine (C=N–C) groups is 1. The molecule has 0 aliphatic heterocycles. The van der Waals surface area contributed by atoms with Crippen molar-refractivity contribution in [2.45, 2.75) is 6.92 Å². The molecule has 0 saturated heterocycles. The molecule has 0 aromatic carbocycles. The van der Waals surface area contributed by atoms with Crippen LogP contribution in [0.4, 0.5) is 0 Å². The Balaban J connectivity index is 3.02. The molecular formula is C12H15NO. The van der Waals surface area contributed by atoms with Gasteiger partial charge in [-0.2, -0.15) is 0 Å². The van der Waals surface area contributed by atoms with Gasteiger partial charge in [-0.15, -0.1) is 0 Å². The zero-order valence-electron chi connectivity index (χ0n) is 8.66. The number of ether oxygens (including phenoxy) is 1. The van der Waals surface area contributed by atoms with Crippen LogP contribution >= 0.6 is 0 Å². The van der Waals surface area contributed by atoms with Crippen LogP contribution in [-0.4, -0.2) is 13.8 Å². The zero-order valence-corrected chi connectivity index (χ0v) is 8.66. The van der Waals surface area contributed by atoms with Gasteiger partial charge in [-0.3, -0.25) is 4.99 Å². The van der Waals surface area contributed by atoms with Gasteiger partial charge in [-0.1, -0.05) is 25.7 Å². The Morgan fingerprint density at radius 3 is 2.86 bits per heavy atom. The maximum Gasteiger partial charge on any atom is 0.116 e. The second-order valence-electron chi connectivity index (χ2n) is 3.20. The SMILES string of the molecule is C=NC(=C)C1=CC(OC)=CC(C)C=C1. The molecule has 1 aliphatic rings. The minimum atomic E-state index is 0.358. The van der Waals surface area contributed by atoms with Gasteiger partial charge in [0.15, 0.2) is 0 Å². The van der Waals surface area contributed by atoms with E-state index in [2.05, 4.69) is 31.3 Å². The summed E-state index contributed by atoms with van der Waals surface area (Å²) >= 11 is 0. The molecule has 0 radical (unpaired) electrons. The van der Waals surface area contributed by atoms with Crippen LogP contribution in [0.1, 0.15) is 6.92 Å². The fourth-order valence-corrected chi connectivity index (χ4v) is 1.22. The summed E-state index contributed by atoms with van der Waals surface area (Å²) in [6.45, 7) is 9.35. The quantitative estimate of drug-likeness (QED) is 0.625. The Hall–Kier alpha value is -1.57. The number of nitrogens with zero attached hydrogens (tertiary/aromatic N) is 1. The highest BCUT2D eigenvalue weighted by Crippen LogP contribution is 2.20. The minimum absolute atomic E-state index is 0.358. The Morgan fingerprint density at radius 2 is 2.29 bits per heavy atom. The predicted octanol–water partition coefficient (Wildman–Crippen LogP) is 2.86. The van der Waals surface area contributed by atoms with Gasteiger partial charge in [0.05, 0.1) is 12.8 Å². The highest BCUT2D eigenvalue weighted by Gasteiger charge is 2.05. The van der Waals surface area contributed by atoms with E-state index >= 15 is 0 Å². The van der Waals surface area contributed by atoms with Crippen LogP contribution in [0.5, 0.6) is 0 Å². The lowest BCUT2D eigenvalue weighted by Crippen LogP contribution is -1.87. The van der Waals surface area contributed by atoms with Crippen LogP contribution < -0.4 is 0 Å². The van der Waals surface area contributed by atoms with Crippen LogP contribution in [0.25, 0.3) is 0 Å². The third-order valence-electron chi connectivity index (χ3n) is 2.06. The highest BCUT2D eigenvalue weighted by molar-refractivity contribution is 5.46. The lowest BCUT2D eigenvalue weighted by atomic mass is 10.1. The molecule has 0 fully saturated rings. The normalized spacial score (nSPS) is 20.6. The molecule has 0 bridgehead atoms. The van der Waals surface area contributed by atoms with Crippen LogP contribution in [0.3, 0.4) is 0 Å². The second kappa shape index (κ2) is 4.61. The lowest BCUT2D eigenvalue weighted by Gasteiger charge is -2.02. The summed E-state index contributed by atoms with van der Waals surface area (Å²) < 4.78 is 5.21. The largest absolute Gasteiger partial charge is 0.497 e. The average molecular weight is 189 g/mol. The summed E-state index contributed by atoms with van der Waals surface area (Å²) in [6, 6.07) is 0. The molecule has 1 rings (SSSR count). The van der Waals surface area contributed by atoms with Gasteiger partial charge < -0.3 is 4.74 Å². The molecule has 0 amide bonds. The molecule has 0 aromatic rings. The molecule has 0 aromatic heterocycles. The maximum atomic E-state index is 5.21. The first-order chi connectivity index (χ1) is 6.67. The van der Waals surface area contributed by atoms with Crippen LogP contribution in [-0.2, 0) is 4.74 Å². The number of methoxy groups -OCH3 is 1. The smallest absolute Gasteiger partial charge is 0.116 e. The van der Waals surface area contributed by atoms with Crippen molar-refractivity contribution in [1.29, 1.82) is 0 Å². The van der Waals surface area contributed by atoms with Crippen molar-refractivity contribution in [2.75, 3.05) is 7.11 Å². The van der Waals surface area contributed by atoms with E-state index in [4.69, 9.17) is 4.74 Å². The topological polar surface area (TPSA) is 21.6 Å². The molecule has 2 nitrogen and oxygen atoms in total. The molecular weight excluding hydrogens is 174 g/mol. The average Bonchev–Trinajstić information content (AvgIpc) is 2.38. The Kier molecular flexibility index (Phi) is 3.46. The molecule has 0 N–H and O–H groups in total. The van der Waals surface area contributed by atoms with Crippen molar-refractivity contribution >= 4 is 6.72 Å². The van der Waals surface area contributed by atoms with E-state index in [-0.39, 0.29) is 0 Å². The van der Waals surface area contributed by atoms with Crippen molar-refractivity contribution in [3.05, 3.63) is 47.9 Å². The van der Waals surface area contributed by atoms with Gasteiger partial charge in [-0.05, 0) is 24.8 Å². The summed E-state index contributed by atoms with van der Waals surface area (Å²) in [5.41, 5.74) is 1.61. The fraction of sp³-hybridized carbons (Fsp3) is 0.250. The number of hydrogen-bond acceptors (Lipinski definition) is 2. The Bertz CT molecular complexity index is 334. The van der Waals surface area contributed by atoms with E-state index in [1.807, 2.05) is 18.2 Å². The van der Waals surface area contributed by atoms with Gasteiger partial charge in [-0.25, -0.2) is 0 Å². The van der Waals surface area contributed by atoms with E-state index in [1.165, 1.54) is 0 Å². The van der Waals surface area contributed by atoms with Crippen molar-refractivity contribution in [3.63, 3.8) is 0 Å². The van der Waals surface area contributed by atoms with E-state index in [0.717, 1.165) is 11.3 Å². The highest BCUT2D eigenvalue weighted by atomic mass is 16.5. The van der Waals surface area contributed by atoms with Gasteiger partial charge in [0.1, 0.15) is 5.76 Å². The molecule has 1 atom stereocenters. The van der Waals surface area contributed by atoms with Crippen molar-refractivity contribution in [1.82, 2.24) is 0 Å². The van der Waals surface area contributed by atoms with Crippen LogP contribution in [0.2, 0.25) is 0 Å². The summed E-state index contributed by atoms with van der Waals surface area (Å²) in [5.74, 6) is 1.19. The van der Waals surface area contributed by atoms with E-state index in [0.29, 0.717) is 11.6 Å². The predicted molar refractivity (Wildman–Crippen MR) is 60.2 cm³/mol. The minimum Gasteiger partial charge on any atom is -0.497 e. The molecule has 0 saturated carbocycles. The number of allylic oxidation sites excluding steroid dienone is 4. The molecule has 74 valence electrons. The first kappa shape index (κ1) is 10.5.